The highest BCUT2D eigenvalue weighted by molar-refractivity contribution is 6.09. The maximum atomic E-state index is 15.2. The van der Waals surface area contributed by atoms with E-state index >= 15 is 26.3 Å². The Morgan fingerprint density at radius 3 is 1.12 bits per heavy atom. The molecule has 0 saturated heterocycles. The summed E-state index contributed by atoms with van der Waals surface area (Å²) in [5.74, 6) is 0.702. The van der Waals surface area contributed by atoms with E-state index < -0.39 is 28.9 Å². The average molecular weight is 701 g/mol. The summed E-state index contributed by atoms with van der Waals surface area (Å²) >= 11 is 0. The van der Waals surface area contributed by atoms with Gasteiger partial charge in [0.05, 0.1) is 11.0 Å². The van der Waals surface area contributed by atoms with Crippen LogP contribution in [0.15, 0.2) is 158 Å². The molecule has 0 aliphatic heterocycles. The number of alkyl halides is 6. The number of benzene rings is 6. The number of halogens is 6. The van der Waals surface area contributed by atoms with E-state index in [1.165, 1.54) is 24.3 Å². The molecule has 2 heterocycles. The van der Waals surface area contributed by atoms with Gasteiger partial charge in [0.25, 0.3) is 0 Å². The highest BCUT2D eigenvalue weighted by Crippen LogP contribution is 2.56. The summed E-state index contributed by atoms with van der Waals surface area (Å²) in [6.45, 7) is 0. The zero-order chi connectivity index (χ0) is 36.1. The largest absolute Gasteiger partial charge is 0.411 e. The Balaban J connectivity index is 1.25. The molecule has 4 nitrogen and oxygen atoms in total. The molecular formula is C42H26F6N4. The fourth-order valence-corrected chi connectivity index (χ4v) is 6.85. The molecule has 0 bridgehead atoms. The van der Waals surface area contributed by atoms with Crippen molar-refractivity contribution in [2.24, 2.45) is 0 Å². The summed E-state index contributed by atoms with van der Waals surface area (Å²) < 4.78 is 92.9. The minimum Gasteiger partial charge on any atom is -0.309 e. The third kappa shape index (κ3) is 5.38. The zero-order valence-electron chi connectivity index (χ0n) is 27.1. The second kappa shape index (κ2) is 12.5. The molecule has 0 amide bonds. The zero-order valence-corrected chi connectivity index (χ0v) is 27.1. The summed E-state index contributed by atoms with van der Waals surface area (Å²) in [5.41, 5.74) is -2.75. The van der Waals surface area contributed by atoms with Crippen LogP contribution in [0.2, 0.25) is 0 Å². The molecule has 2 aromatic heterocycles. The van der Waals surface area contributed by atoms with Crippen molar-refractivity contribution in [1.82, 2.24) is 19.5 Å². The van der Waals surface area contributed by atoms with Crippen LogP contribution in [0.3, 0.4) is 0 Å². The Morgan fingerprint density at radius 2 is 0.712 bits per heavy atom. The van der Waals surface area contributed by atoms with Crippen molar-refractivity contribution in [2.45, 2.75) is 17.8 Å². The van der Waals surface area contributed by atoms with Crippen LogP contribution in [0.5, 0.6) is 0 Å². The fourth-order valence-electron chi connectivity index (χ4n) is 6.85. The second-order valence-electron chi connectivity index (χ2n) is 12.3. The predicted octanol–water partition coefficient (Wildman–Crippen LogP) is 11.4. The van der Waals surface area contributed by atoms with Crippen molar-refractivity contribution in [3.05, 3.63) is 169 Å². The van der Waals surface area contributed by atoms with Gasteiger partial charge in [-0.15, -0.1) is 0 Å². The predicted molar refractivity (Wildman–Crippen MR) is 190 cm³/mol. The first-order chi connectivity index (χ1) is 25.1. The third-order valence-corrected chi connectivity index (χ3v) is 9.26. The summed E-state index contributed by atoms with van der Waals surface area (Å²) in [6, 6.07) is 41.5. The van der Waals surface area contributed by atoms with Gasteiger partial charge in [0.15, 0.2) is 17.5 Å². The van der Waals surface area contributed by atoms with Gasteiger partial charge in [0.1, 0.15) is 0 Å². The molecule has 0 N–H and O–H groups in total. The van der Waals surface area contributed by atoms with Crippen molar-refractivity contribution in [2.75, 3.05) is 0 Å². The van der Waals surface area contributed by atoms with Crippen LogP contribution >= 0.6 is 0 Å². The molecule has 10 heteroatoms. The molecular weight excluding hydrogens is 674 g/mol. The highest BCUT2D eigenvalue weighted by Gasteiger charge is 2.72. The molecule has 0 aliphatic carbocycles. The Labute approximate surface area is 293 Å². The van der Waals surface area contributed by atoms with E-state index in [0.29, 0.717) is 28.5 Å². The minimum atomic E-state index is -5.75. The number of para-hydroxylation sites is 2. The molecule has 8 rings (SSSR count). The van der Waals surface area contributed by atoms with E-state index in [4.69, 9.17) is 0 Å². The third-order valence-electron chi connectivity index (χ3n) is 9.26. The SMILES string of the molecule is FC(F)(F)C(c1ccc(-c2nc(-c3ccccc3)nc(-c3ccccc3)n2)cc1)(c1ccc(-n2c3ccccc3c3ccccc32)cc1)C(F)(F)F. The van der Waals surface area contributed by atoms with E-state index in [2.05, 4.69) is 15.0 Å². The lowest BCUT2D eigenvalue weighted by molar-refractivity contribution is -0.288. The smallest absolute Gasteiger partial charge is 0.309 e. The van der Waals surface area contributed by atoms with Crippen LogP contribution < -0.4 is 0 Å². The van der Waals surface area contributed by atoms with E-state index in [1.54, 1.807) is 48.5 Å². The van der Waals surface area contributed by atoms with E-state index in [9.17, 15) is 0 Å². The van der Waals surface area contributed by atoms with Crippen LogP contribution in [0.1, 0.15) is 11.1 Å². The molecule has 6 aromatic carbocycles. The Bertz CT molecular complexity index is 2400. The van der Waals surface area contributed by atoms with Crippen LogP contribution in [0.4, 0.5) is 26.3 Å². The fraction of sp³-hybridized carbons (Fsp3) is 0.0714. The van der Waals surface area contributed by atoms with Crippen molar-refractivity contribution >= 4 is 21.8 Å². The summed E-state index contributed by atoms with van der Waals surface area (Å²) in [5, 5.41) is 1.82. The Hall–Kier alpha value is -6.29. The first-order valence-corrected chi connectivity index (χ1v) is 16.3. The number of hydrogen-bond donors (Lipinski definition) is 0. The quantitative estimate of drug-likeness (QED) is 0.162. The van der Waals surface area contributed by atoms with Gasteiger partial charge >= 0.3 is 12.4 Å². The number of hydrogen-bond acceptors (Lipinski definition) is 3. The lowest BCUT2D eigenvalue weighted by Crippen LogP contribution is -2.54. The van der Waals surface area contributed by atoms with Crippen molar-refractivity contribution in [1.29, 1.82) is 0 Å². The minimum absolute atomic E-state index is 0.0967. The van der Waals surface area contributed by atoms with Gasteiger partial charge in [-0.05, 0) is 35.4 Å². The molecule has 0 aliphatic rings. The maximum absolute atomic E-state index is 15.2. The van der Waals surface area contributed by atoms with E-state index in [0.717, 1.165) is 46.1 Å². The van der Waals surface area contributed by atoms with Crippen LogP contribution in [0.25, 0.3) is 61.7 Å². The van der Waals surface area contributed by atoms with Crippen molar-refractivity contribution < 1.29 is 26.3 Å². The number of nitrogens with zero attached hydrogens (tertiary/aromatic N) is 4. The molecule has 256 valence electrons. The second-order valence-corrected chi connectivity index (χ2v) is 12.3. The van der Waals surface area contributed by atoms with Crippen LogP contribution in [-0.4, -0.2) is 31.9 Å². The molecule has 0 spiro atoms. The van der Waals surface area contributed by atoms with Gasteiger partial charge in [-0.3, -0.25) is 0 Å². The Kier molecular flexibility index (Phi) is 7.90. The topological polar surface area (TPSA) is 43.6 Å². The van der Waals surface area contributed by atoms with E-state index in [1.807, 2.05) is 65.2 Å². The molecule has 0 radical (unpaired) electrons. The van der Waals surface area contributed by atoms with Crippen molar-refractivity contribution in [3.63, 3.8) is 0 Å². The van der Waals surface area contributed by atoms with Crippen LogP contribution in [-0.2, 0) is 5.41 Å². The lowest BCUT2D eigenvalue weighted by Gasteiger charge is -2.38. The van der Waals surface area contributed by atoms with E-state index in [-0.39, 0.29) is 11.4 Å². The molecule has 0 saturated carbocycles. The molecule has 0 fully saturated rings. The highest BCUT2D eigenvalue weighted by atomic mass is 19.4. The van der Waals surface area contributed by atoms with Gasteiger partial charge in [0.2, 0.25) is 5.41 Å². The molecule has 0 unspecified atom stereocenters. The number of fused-ring (bicyclic) bond motifs is 3. The summed E-state index contributed by atoms with van der Waals surface area (Å²) in [7, 11) is 0. The van der Waals surface area contributed by atoms with Crippen LogP contribution in [0, 0.1) is 0 Å². The summed E-state index contributed by atoms with van der Waals surface area (Å²) in [4.78, 5) is 13.7. The van der Waals surface area contributed by atoms with Gasteiger partial charge in [-0.1, -0.05) is 133 Å². The first-order valence-electron chi connectivity index (χ1n) is 16.3. The average Bonchev–Trinajstić information content (AvgIpc) is 3.49. The Morgan fingerprint density at radius 1 is 0.365 bits per heavy atom. The number of rotatable bonds is 6. The monoisotopic (exact) mass is 700 g/mol. The normalized spacial score (nSPS) is 12.4. The molecule has 0 atom stereocenters. The lowest BCUT2D eigenvalue weighted by atomic mass is 9.72. The molecule has 52 heavy (non-hydrogen) atoms. The number of aromatic nitrogens is 4. The first kappa shape index (κ1) is 32.9. The van der Waals surface area contributed by atoms with Gasteiger partial charge < -0.3 is 4.57 Å². The van der Waals surface area contributed by atoms with Gasteiger partial charge in [0, 0.05) is 33.2 Å². The molecule has 8 aromatic rings. The maximum Gasteiger partial charge on any atom is 0.411 e. The van der Waals surface area contributed by atoms with Gasteiger partial charge in [-0.2, -0.15) is 26.3 Å². The van der Waals surface area contributed by atoms with Gasteiger partial charge in [-0.25, -0.2) is 15.0 Å². The van der Waals surface area contributed by atoms with Crippen molar-refractivity contribution in [3.8, 4) is 39.9 Å². The summed E-state index contributed by atoms with van der Waals surface area (Å²) in [6.07, 6.45) is -11.5. The standard InChI is InChI=1S/C42H26F6N4/c43-41(44,45)40(42(46,47)48,31-23-25-32(26-24-31)52-35-17-9-7-15-33(35)34-16-8-10-18-36(34)52)30-21-19-29(20-22-30)39-50-37(27-11-3-1-4-12-27)49-38(51-39)28-13-5-2-6-14-28/h1-26H.